The Hall–Kier alpha value is -7.02. The molecule has 6 aromatic rings. The predicted octanol–water partition coefficient (Wildman–Crippen LogP) is 17.7. The Morgan fingerprint density at radius 2 is 0.726 bits per heavy atom. The molecular weight excluding hydrogens is 1190 g/mol. The molecule has 0 heterocycles. The first kappa shape index (κ1) is 66.6. The van der Waals surface area contributed by atoms with Crippen LogP contribution >= 0.6 is 0 Å². The van der Waals surface area contributed by atoms with Crippen LogP contribution in [0.5, 0.6) is 34.5 Å². The van der Waals surface area contributed by atoms with Gasteiger partial charge in [0.2, 0.25) is 0 Å². The molecule has 9 fully saturated rings. The molecule has 506 valence electrons. The maximum Gasteiger partial charge on any atom is 0.346 e. The van der Waals surface area contributed by atoms with Crippen LogP contribution in [0.15, 0.2) is 72.8 Å². The summed E-state index contributed by atoms with van der Waals surface area (Å²) in [5.74, 6) is 5.59. The van der Waals surface area contributed by atoms with Crippen LogP contribution in [0.3, 0.4) is 0 Å². The van der Waals surface area contributed by atoms with E-state index >= 15 is 0 Å². The number of esters is 2. The van der Waals surface area contributed by atoms with E-state index in [1.165, 1.54) is 64.2 Å². The van der Waals surface area contributed by atoms with Crippen molar-refractivity contribution in [3.05, 3.63) is 173 Å². The lowest BCUT2D eigenvalue weighted by molar-refractivity contribution is -0.188. The minimum absolute atomic E-state index is 0.110. The Morgan fingerprint density at radius 3 is 1.03 bits per heavy atom. The van der Waals surface area contributed by atoms with Crippen molar-refractivity contribution >= 4 is 11.9 Å². The highest BCUT2D eigenvalue weighted by Gasteiger charge is 2.51. The molecule has 0 amide bonds. The van der Waals surface area contributed by atoms with E-state index in [0.717, 1.165) is 140 Å². The summed E-state index contributed by atoms with van der Waals surface area (Å²) in [5.41, 5.74) is 15.0. The van der Waals surface area contributed by atoms with E-state index in [1.54, 1.807) is 0 Å². The summed E-state index contributed by atoms with van der Waals surface area (Å²) < 4.78 is 38.7. The molecular formula is C83H102O12. The summed E-state index contributed by atoms with van der Waals surface area (Å²) in [6, 6.07) is 24.7. The van der Waals surface area contributed by atoms with Crippen LogP contribution < -0.4 is 9.47 Å². The first-order chi connectivity index (χ1) is 45.5. The van der Waals surface area contributed by atoms with E-state index in [9.17, 15) is 30.0 Å². The van der Waals surface area contributed by atoms with Crippen molar-refractivity contribution < 1.29 is 58.4 Å². The van der Waals surface area contributed by atoms with Gasteiger partial charge in [0.1, 0.15) is 34.5 Å². The van der Waals surface area contributed by atoms with Crippen molar-refractivity contribution in [3.8, 4) is 34.5 Å². The number of hydrogen-bond acceptors (Lipinski definition) is 12. The minimum Gasteiger partial charge on any atom is -0.508 e. The molecule has 9 aliphatic rings. The molecule has 0 saturated heterocycles. The molecule has 95 heavy (non-hydrogen) atoms. The van der Waals surface area contributed by atoms with E-state index < -0.39 is 29.2 Å². The van der Waals surface area contributed by atoms with Gasteiger partial charge in [-0.25, -0.2) is 9.59 Å². The molecule has 0 atom stereocenters. The summed E-state index contributed by atoms with van der Waals surface area (Å²) in [6.45, 7) is 21.2. The van der Waals surface area contributed by atoms with E-state index in [0.29, 0.717) is 63.3 Å². The first-order valence-corrected chi connectivity index (χ1v) is 35.8. The second-order valence-corrected chi connectivity index (χ2v) is 31.1. The largest absolute Gasteiger partial charge is 0.508 e. The van der Waals surface area contributed by atoms with Crippen molar-refractivity contribution in [2.24, 2.45) is 53.3 Å². The summed E-state index contributed by atoms with van der Waals surface area (Å²) in [7, 11) is 0. The number of ether oxygens (including phenoxy) is 6. The standard InChI is InChI=1S/C83H102O12/c1-12-13-54-14-16-83(17-15-54,63-18-52(10)79(90-40-75(88)92-42-94-81-59-30-55-28-56(32-59)33-60(81)31-55)69(38-63)77(65-20-48(6)71(84)24-44(65)2)66-21-49(7)72(85)25-45(66)3)64-19-53(11)80(91-41-76(89)93-43-95-82-61-34-57-29-58(36-61)37-62(82)35-57)70(39-64)78(67-22-50(8)73(86)26-46(67)4)68-23-51(9)74(87)27-47(68)5/h18-27,38-39,54-62,77-78,81-82,84-87H,12-17,28-37,40-43H2,1-11H3. The molecule has 0 aromatic heterocycles. The molecule has 4 N–H and O–H groups in total. The van der Waals surface area contributed by atoms with Gasteiger partial charge >= 0.3 is 11.9 Å². The summed E-state index contributed by atoms with van der Waals surface area (Å²) >= 11 is 0. The molecule has 8 bridgehead atoms. The summed E-state index contributed by atoms with van der Waals surface area (Å²) in [5, 5.41) is 45.2. The third-order valence-corrected chi connectivity index (χ3v) is 24.5. The molecule has 15 rings (SSSR count). The Balaban J connectivity index is 0.940. The maximum atomic E-state index is 14.2. The molecule has 6 aromatic carbocycles. The Morgan fingerprint density at radius 1 is 0.411 bits per heavy atom. The van der Waals surface area contributed by atoms with Gasteiger partial charge in [-0.2, -0.15) is 0 Å². The molecule has 0 unspecified atom stereocenters. The normalized spacial score (nSPS) is 26.4. The van der Waals surface area contributed by atoms with E-state index in [4.69, 9.17) is 28.4 Å². The summed E-state index contributed by atoms with van der Waals surface area (Å²) in [4.78, 5) is 28.3. The number of aryl methyl sites for hydroxylation is 10. The van der Waals surface area contributed by atoms with Crippen LogP contribution in [0.2, 0.25) is 0 Å². The SMILES string of the molecule is CCCC1CCC(c2cc(C)c(OCC(=O)OCOC3C4CC5CC(C4)CC3C5)c(C(c3cc(C)c(O)cc3C)c3cc(C)c(O)cc3C)c2)(c2cc(C)c(OCC(=O)OCOC3C4CC5CC(C4)CC3C5)c(C(c3cc(C)c(O)cc3C)c3cc(C)c(O)cc3C)c2)CC1. The molecule has 9 aliphatic carbocycles. The molecule has 9 saturated carbocycles. The fraction of sp³-hybridized carbons (Fsp3) is 0.542. The average Bonchev–Trinajstić information content (AvgIpc) is 0.882. The highest BCUT2D eigenvalue weighted by atomic mass is 16.7. The van der Waals surface area contributed by atoms with Gasteiger partial charge in [0.25, 0.3) is 0 Å². The Bertz CT molecular complexity index is 3480. The second-order valence-electron chi connectivity index (χ2n) is 31.1. The van der Waals surface area contributed by atoms with E-state index in [1.807, 2.05) is 79.7 Å². The van der Waals surface area contributed by atoms with Gasteiger partial charge in [0.15, 0.2) is 26.8 Å². The van der Waals surface area contributed by atoms with Crippen LogP contribution in [0.4, 0.5) is 0 Å². The molecule has 0 spiro atoms. The number of carbonyl (C=O) groups excluding carboxylic acids is 2. The Kier molecular flexibility index (Phi) is 19.0. The molecule has 0 radical (unpaired) electrons. The fourth-order valence-corrected chi connectivity index (χ4v) is 20.1. The van der Waals surface area contributed by atoms with Gasteiger partial charge in [-0.15, -0.1) is 0 Å². The lowest BCUT2D eigenvalue weighted by atomic mass is 9.55. The fourth-order valence-electron chi connectivity index (χ4n) is 20.1. The van der Waals surface area contributed by atoms with Crippen LogP contribution in [0.25, 0.3) is 0 Å². The van der Waals surface area contributed by atoms with Crippen molar-refractivity contribution in [1.82, 2.24) is 0 Å². The number of rotatable bonds is 22. The van der Waals surface area contributed by atoms with E-state index in [-0.39, 0.29) is 62.0 Å². The third-order valence-electron chi connectivity index (χ3n) is 24.5. The zero-order chi connectivity index (χ0) is 66.9. The highest BCUT2D eigenvalue weighted by molar-refractivity contribution is 5.72. The van der Waals surface area contributed by atoms with Gasteiger partial charge in [-0.05, 0) is 326 Å². The van der Waals surface area contributed by atoms with E-state index in [2.05, 4.69) is 69.3 Å². The quantitative estimate of drug-likeness (QED) is 0.0289. The van der Waals surface area contributed by atoms with Gasteiger partial charge in [0, 0.05) is 28.4 Å². The van der Waals surface area contributed by atoms with Crippen molar-refractivity contribution in [3.63, 3.8) is 0 Å². The highest BCUT2D eigenvalue weighted by Crippen LogP contribution is 2.58. The van der Waals surface area contributed by atoms with Gasteiger partial charge in [-0.3, -0.25) is 0 Å². The van der Waals surface area contributed by atoms with Crippen molar-refractivity contribution in [2.75, 3.05) is 26.8 Å². The lowest BCUT2D eigenvalue weighted by Crippen LogP contribution is -2.49. The predicted molar refractivity (Wildman–Crippen MR) is 369 cm³/mol. The second kappa shape index (κ2) is 27.1. The van der Waals surface area contributed by atoms with Crippen LogP contribution in [-0.4, -0.2) is 71.4 Å². The maximum absolute atomic E-state index is 14.2. The monoisotopic (exact) mass is 1290 g/mol. The summed E-state index contributed by atoms with van der Waals surface area (Å²) in [6.07, 6.45) is 18.2. The van der Waals surface area contributed by atoms with Crippen LogP contribution in [0.1, 0.15) is 222 Å². The Labute approximate surface area is 563 Å². The number of carbonyl (C=O) groups is 2. The number of aromatic hydroxyl groups is 4. The topological polar surface area (TPSA) is 170 Å². The number of hydrogen-bond donors (Lipinski definition) is 4. The number of phenols is 4. The minimum atomic E-state index is -0.628. The molecule has 12 nitrogen and oxygen atoms in total. The van der Waals surface area contributed by atoms with Crippen molar-refractivity contribution in [1.29, 1.82) is 0 Å². The first-order valence-electron chi connectivity index (χ1n) is 35.8. The van der Waals surface area contributed by atoms with Crippen molar-refractivity contribution in [2.45, 2.75) is 208 Å². The van der Waals surface area contributed by atoms with Crippen LogP contribution in [-0.2, 0) is 34.0 Å². The number of benzene rings is 6. The van der Waals surface area contributed by atoms with Gasteiger partial charge in [0.05, 0.1) is 12.2 Å². The zero-order valence-corrected chi connectivity index (χ0v) is 58.1. The van der Waals surface area contributed by atoms with Gasteiger partial charge in [-0.1, -0.05) is 68.3 Å². The van der Waals surface area contributed by atoms with Gasteiger partial charge < -0.3 is 48.8 Å². The zero-order valence-electron chi connectivity index (χ0n) is 58.1. The average molecular weight is 1290 g/mol. The van der Waals surface area contributed by atoms with Crippen LogP contribution in [0, 0.1) is 122 Å². The number of phenolic OH excluding ortho intramolecular Hbond substituents is 4. The molecule has 12 heteroatoms. The lowest BCUT2D eigenvalue weighted by Gasteiger charge is -2.53. The third kappa shape index (κ3) is 13.2. The smallest absolute Gasteiger partial charge is 0.346 e. The molecule has 0 aliphatic heterocycles.